The average Bonchev–Trinajstić information content (AvgIpc) is 3.19. The molecule has 28 heavy (non-hydrogen) atoms. The van der Waals surface area contributed by atoms with E-state index in [9.17, 15) is 9.59 Å². The van der Waals surface area contributed by atoms with Gasteiger partial charge in [-0.1, -0.05) is 29.8 Å². The van der Waals surface area contributed by atoms with Crippen LogP contribution in [0.5, 0.6) is 5.75 Å². The Hall–Kier alpha value is -3.75. The predicted molar refractivity (Wildman–Crippen MR) is 99.8 cm³/mol. The standard InChI is InChI=1S/C19H19N5O4/c1-14-6-8-15(9-7-14)27-10-11-28-19(26)16-4-2-3-5-17(16)21-18(25)12-24-13-20-22-23-24/h2-9,13H,10-12H2,1H3,(H,21,25). The van der Waals surface area contributed by atoms with E-state index in [1.54, 1.807) is 24.3 Å². The molecule has 0 atom stereocenters. The molecule has 1 amide bonds. The molecule has 0 fully saturated rings. The zero-order chi connectivity index (χ0) is 19.8. The molecule has 9 nitrogen and oxygen atoms in total. The maximum atomic E-state index is 12.4. The van der Waals surface area contributed by atoms with Gasteiger partial charge in [-0.25, -0.2) is 9.48 Å². The zero-order valence-corrected chi connectivity index (χ0v) is 15.2. The lowest BCUT2D eigenvalue weighted by Crippen LogP contribution is -2.21. The fourth-order valence-electron chi connectivity index (χ4n) is 2.37. The molecule has 0 radical (unpaired) electrons. The Kier molecular flexibility index (Phi) is 6.29. The van der Waals surface area contributed by atoms with Crippen LogP contribution in [0.1, 0.15) is 15.9 Å². The number of carbonyl (C=O) groups is 2. The Balaban J connectivity index is 1.51. The molecular weight excluding hydrogens is 362 g/mol. The summed E-state index contributed by atoms with van der Waals surface area (Å²) in [5.41, 5.74) is 1.74. The van der Waals surface area contributed by atoms with Gasteiger partial charge in [0.15, 0.2) is 0 Å². The number of esters is 1. The second-order valence-corrected chi connectivity index (χ2v) is 5.90. The number of rotatable bonds is 8. The highest BCUT2D eigenvalue weighted by Gasteiger charge is 2.15. The minimum absolute atomic E-state index is 0.0687. The van der Waals surface area contributed by atoms with E-state index >= 15 is 0 Å². The molecule has 1 heterocycles. The number of hydrogen-bond donors (Lipinski definition) is 1. The first-order valence-electron chi connectivity index (χ1n) is 8.58. The third kappa shape index (κ3) is 5.37. The SMILES string of the molecule is Cc1ccc(OCCOC(=O)c2ccccc2NC(=O)Cn2cnnn2)cc1. The van der Waals surface area contributed by atoms with Crippen LogP contribution in [0.4, 0.5) is 5.69 Å². The molecule has 0 aliphatic rings. The number of para-hydroxylation sites is 1. The van der Waals surface area contributed by atoms with Gasteiger partial charge in [-0.05, 0) is 41.6 Å². The minimum Gasteiger partial charge on any atom is -0.490 e. The van der Waals surface area contributed by atoms with Gasteiger partial charge in [0.2, 0.25) is 5.91 Å². The van der Waals surface area contributed by atoms with Gasteiger partial charge in [-0.2, -0.15) is 0 Å². The first-order valence-corrected chi connectivity index (χ1v) is 8.58. The lowest BCUT2D eigenvalue weighted by Gasteiger charge is -2.11. The van der Waals surface area contributed by atoms with Crippen LogP contribution in [0, 0.1) is 6.92 Å². The van der Waals surface area contributed by atoms with E-state index in [4.69, 9.17) is 9.47 Å². The normalized spacial score (nSPS) is 10.3. The van der Waals surface area contributed by atoms with Crippen molar-refractivity contribution in [1.29, 1.82) is 0 Å². The molecule has 3 rings (SSSR count). The maximum absolute atomic E-state index is 12.4. The molecule has 1 aromatic heterocycles. The van der Waals surface area contributed by atoms with E-state index in [0.29, 0.717) is 11.4 Å². The maximum Gasteiger partial charge on any atom is 0.340 e. The van der Waals surface area contributed by atoms with Crippen LogP contribution in [-0.4, -0.2) is 45.3 Å². The van der Waals surface area contributed by atoms with Crippen LogP contribution in [0.2, 0.25) is 0 Å². The highest BCUT2D eigenvalue weighted by molar-refractivity contribution is 6.01. The summed E-state index contributed by atoms with van der Waals surface area (Å²) in [5, 5.41) is 13.2. The van der Waals surface area contributed by atoms with Gasteiger partial charge in [-0.15, -0.1) is 5.10 Å². The second kappa shape index (κ2) is 9.26. The van der Waals surface area contributed by atoms with Crippen LogP contribution >= 0.6 is 0 Å². The molecule has 0 unspecified atom stereocenters. The lowest BCUT2D eigenvalue weighted by atomic mass is 10.2. The number of amides is 1. The largest absolute Gasteiger partial charge is 0.490 e. The molecule has 0 saturated carbocycles. The topological polar surface area (TPSA) is 108 Å². The van der Waals surface area contributed by atoms with Crippen LogP contribution < -0.4 is 10.1 Å². The minimum atomic E-state index is -0.550. The number of hydrogen-bond acceptors (Lipinski definition) is 7. The van der Waals surface area contributed by atoms with E-state index in [1.807, 2.05) is 31.2 Å². The monoisotopic (exact) mass is 381 g/mol. The van der Waals surface area contributed by atoms with Crippen molar-refractivity contribution < 1.29 is 19.1 Å². The zero-order valence-electron chi connectivity index (χ0n) is 15.2. The molecule has 0 aliphatic carbocycles. The number of nitrogens with one attached hydrogen (secondary N) is 1. The van der Waals surface area contributed by atoms with E-state index in [1.165, 1.54) is 11.0 Å². The Labute approximate surface area is 161 Å². The van der Waals surface area contributed by atoms with Gasteiger partial charge in [0.05, 0.1) is 11.3 Å². The highest BCUT2D eigenvalue weighted by atomic mass is 16.6. The molecule has 0 bridgehead atoms. The van der Waals surface area contributed by atoms with Gasteiger partial charge < -0.3 is 14.8 Å². The fraction of sp³-hybridized carbons (Fsp3) is 0.211. The van der Waals surface area contributed by atoms with Crippen molar-refractivity contribution in [3.63, 3.8) is 0 Å². The number of ether oxygens (including phenoxy) is 2. The summed E-state index contributed by atoms with van der Waals surface area (Å²) in [6, 6.07) is 14.2. The molecule has 2 aromatic carbocycles. The van der Waals surface area contributed by atoms with Crippen molar-refractivity contribution in [2.45, 2.75) is 13.5 Å². The molecule has 0 spiro atoms. The summed E-state index contributed by atoms with van der Waals surface area (Å²) < 4.78 is 12.1. The quantitative estimate of drug-likeness (QED) is 0.468. The Morgan fingerprint density at radius 2 is 1.86 bits per heavy atom. The van der Waals surface area contributed by atoms with Gasteiger partial charge in [0.25, 0.3) is 0 Å². The van der Waals surface area contributed by atoms with Gasteiger partial charge >= 0.3 is 5.97 Å². The summed E-state index contributed by atoms with van der Waals surface area (Å²) in [5.74, 6) is -0.210. The summed E-state index contributed by atoms with van der Waals surface area (Å²) in [7, 11) is 0. The Morgan fingerprint density at radius 3 is 2.61 bits per heavy atom. The smallest absolute Gasteiger partial charge is 0.340 e. The predicted octanol–water partition coefficient (Wildman–Crippen LogP) is 1.86. The van der Waals surface area contributed by atoms with Gasteiger partial charge in [0.1, 0.15) is 31.8 Å². The Bertz CT molecular complexity index is 926. The highest BCUT2D eigenvalue weighted by Crippen LogP contribution is 2.16. The molecule has 9 heteroatoms. The summed E-state index contributed by atoms with van der Waals surface area (Å²) in [4.78, 5) is 24.4. The van der Waals surface area contributed by atoms with E-state index in [2.05, 4.69) is 20.8 Å². The number of aromatic nitrogens is 4. The third-order valence-electron chi connectivity index (χ3n) is 3.72. The van der Waals surface area contributed by atoms with Gasteiger partial charge in [-0.3, -0.25) is 4.79 Å². The van der Waals surface area contributed by atoms with E-state index in [0.717, 1.165) is 5.56 Å². The van der Waals surface area contributed by atoms with Crippen molar-refractivity contribution in [2.24, 2.45) is 0 Å². The number of carbonyl (C=O) groups excluding carboxylic acids is 2. The molecule has 144 valence electrons. The number of benzene rings is 2. The number of nitrogens with zero attached hydrogens (tertiary/aromatic N) is 4. The summed E-state index contributed by atoms with van der Waals surface area (Å²) in [6.45, 7) is 2.23. The number of tetrazole rings is 1. The van der Waals surface area contributed by atoms with Crippen molar-refractivity contribution in [3.05, 3.63) is 66.0 Å². The molecule has 0 saturated heterocycles. The first kappa shape index (κ1) is 19.0. The van der Waals surface area contributed by atoms with E-state index in [-0.39, 0.29) is 31.2 Å². The first-order chi connectivity index (χ1) is 13.6. The van der Waals surface area contributed by atoms with Crippen molar-refractivity contribution in [3.8, 4) is 5.75 Å². The van der Waals surface area contributed by atoms with Crippen LogP contribution in [0.15, 0.2) is 54.9 Å². The van der Waals surface area contributed by atoms with Crippen LogP contribution in [0.3, 0.4) is 0 Å². The fourth-order valence-corrected chi connectivity index (χ4v) is 2.37. The number of anilines is 1. The molecule has 0 aliphatic heterocycles. The second-order valence-electron chi connectivity index (χ2n) is 5.90. The summed E-state index contributed by atoms with van der Waals surface area (Å²) >= 11 is 0. The van der Waals surface area contributed by atoms with Crippen LogP contribution in [-0.2, 0) is 16.1 Å². The average molecular weight is 381 g/mol. The Morgan fingerprint density at radius 1 is 1.07 bits per heavy atom. The number of aryl methyl sites for hydroxylation is 1. The van der Waals surface area contributed by atoms with Gasteiger partial charge in [0, 0.05) is 0 Å². The van der Waals surface area contributed by atoms with Crippen molar-refractivity contribution in [1.82, 2.24) is 20.2 Å². The third-order valence-corrected chi connectivity index (χ3v) is 3.72. The molecule has 3 aromatic rings. The lowest BCUT2D eigenvalue weighted by molar-refractivity contribution is -0.116. The van der Waals surface area contributed by atoms with E-state index < -0.39 is 5.97 Å². The molecule has 1 N–H and O–H groups in total. The van der Waals surface area contributed by atoms with Crippen molar-refractivity contribution in [2.75, 3.05) is 18.5 Å². The molecular formula is C19H19N5O4. The summed E-state index contributed by atoms with van der Waals surface area (Å²) in [6.07, 6.45) is 1.33. The van der Waals surface area contributed by atoms with Crippen LogP contribution in [0.25, 0.3) is 0 Å². The van der Waals surface area contributed by atoms with Crippen molar-refractivity contribution >= 4 is 17.6 Å².